The van der Waals surface area contributed by atoms with Crippen molar-refractivity contribution in [3.8, 4) is 11.3 Å². The number of benzene rings is 3. The summed E-state index contributed by atoms with van der Waals surface area (Å²) < 4.78 is 1.47. The minimum Gasteiger partial charge on any atom is -0.392 e. The van der Waals surface area contributed by atoms with Crippen molar-refractivity contribution in [2.75, 3.05) is 68.6 Å². The Kier molecular flexibility index (Phi) is 8.61. The predicted molar refractivity (Wildman–Crippen MR) is 180 cm³/mol. The van der Waals surface area contributed by atoms with Crippen molar-refractivity contribution in [1.29, 1.82) is 0 Å². The van der Waals surface area contributed by atoms with Crippen molar-refractivity contribution in [3.63, 3.8) is 0 Å². The molecule has 0 radical (unpaired) electrons. The van der Waals surface area contributed by atoms with Crippen LogP contribution in [0.25, 0.3) is 11.3 Å². The van der Waals surface area contributed by atoms with Gasteiger partial charge >= 0.3 is 0 Å². The number of nitrogens with zero attached hydrogens (tertiary/aromatic N) is 6. The van der Waals surface area contributed by atoms with E-state index in [1.165, 1.54) is 4.57 Å². The molecular weight excluding hydrogens is 582 g/mol. The van der Waals surface area contributed by atoms with Gasteiger partial charge in [-0.25, -0.2) is 4.98 Å². The summed E-state index contributed by atoms with van der Waals surface area (Å²) in [5.74, 6) is 0.0541. The summed E-state index contributed by atoms with van der Waals surface area (Å²) in [4.78, 5) is 52.0. The average molecular weight is 622 g/mol. The summed E-state index contributed by atoms with van der Waals surface area (Å²) in [5.41, 5.74) is 5.97. The molecule has 11 heteroatoms. The van der Waals surface area contributed by atoms with Gasteiger partial charge in [0.1, 0.15) is 0 Å². The second-order valence-corrected chi connectivity index (χ2v) is 11.9. The molecule has 1 aromatic heterocycles. The summed E-state index contributed by atoms with van der Waals surface area (Å²) >= 11 is 0. The molecule has 4 aromatic rings. The molecule has 0 aliphatic carbocycles. The van der Waals surface area contributed by atoms with E-state index in [2.05, 4.69) is 11.4 Å². The lowest BCUT2D eigenvalue weighted by molar-refractivity contribution is 0.0735. The normalized spacial score (nSPS) is 14.7. The van der Waals surface area contributed by atoms with Crippen LogP contribution < -0.4 is 25.6 Å². The Bertz CT molecular complexity index is 1850. The molecule has 2 amide bonds. The molecule has 0 spiro atoms. The van der Waals surface area contributed by atoms with Crippen LogP contribution in [0.2, 0.25) is 0 Å². The molecular formula is C35H39N7O4. The van der Waals surface area contributed by atoms with Crippen LogP contribution in [0.4, 0.5) is 22.9 Å². The molecule has 3 heterocycles. The van der Waals surface area contributed by atoms with E-state index in [4.69, 9.17) is 4.98 Å². The SMILES string of the molecule is CN(C)c1ccc2c(c1)CCN(c1cccc(-c3cn(C)c(=O)c(N(C)c4ccc(C(=O)N5CCNCC5)cc4)n3)c1CO)C2=O. The highest BCUT2D eigenvalue weighted by Crippen LogP contribution is 2.35. The van der Waals surface area contributed by atoms with Crippen LogP contribution in [0.15, 0.2) is 71.7 Å². The first-order chi connectivity index (χ1) is 22.2. The molecule has 2 N–H and O–H groups in total. The molecule has 6 rings (SSSR count). The Labute approximate surface area is 268 Å². The molecule has 0 unspecified atom stereocenters. The molecule has 0 saturated carbocycles. The van der Waals surface area contributed by atoms with Gasteiger partial charge in [0.25, 0.3) is 17.4 Å². The standard InChI is InChI=1S/C35H39N7O4/c1-38(2)26-12-13-27-24(20-26)14-17-42(34(27)45)31-7-5-6-28(29(31)22-43)30-21-39(3)35(46)32(37-30)40(4)25-10-8-23(9-11-25)33(44)41-18-15-36-16-19-41/h5-13,20-21,36,43H,14-19,22H2,1-4H3. The van der Waals surface area contributed by atoms with Crippen molar-refractivity contribution >= 4 is 34.7 Å². The van der Waals surface area contributed by atoms with Crippen LogP contribution in [0, 0.1) is 0 Å². The van der Waals surface area contributed by atoms with E-state index in [1.807, 2.05) is 66.4 Å². The van der Waals surface area contributed by atoms with Gasteiger partial charge in [0.05, 0.1) is 18.0 Å². The van der Waals surface area contributed by atoms with E-state index in [-0.39, 0.29) is 29.8 Å². The van der Waals surface area contributed by atoms with Crippen molar-refractivity contribution < 1.29 is 14.7 Å². The van der Waals surface area contributed by atoms with Gasteiger partial charge in [0.15, 0.2) is 5.82 Å². The third kappa shape index (κ3) is 5.75. The number of aliphatic hydroxyl groups excluding tert-OH is 1. The van der Waals surface area contributed by atoms with Gasteiger partial charge in [-0.3, -0.25) is 14.4 Å². The van der Waals surface area contributed by atoms with Crippen LogP contribution in [0.1, 0.15) is 31.8 Å². The Morgan fingerprint density at radius 3 is 2.35 bits per heavy atom. The zero-order valence-corrected chi connectivity index (χ0v) is 26.7. The molecule has 1 saturated heterocycles. The number of hydrogen-bond acceptors (Lipinski definition) is 8. The smallest absolute Gasteiger partial charge is 0.293 e. The maximum Gasteiger partial charge on any atom is 0.293 e. The van der Waals surface area contributed by atoms with Crippen LogP contribution >= 0.6 is 0 Å². The highest BCUT2D eigenvalue weighted by atomic mass is 16.3. The zero-order valence-electron chi connectivity index (χ0n) is 26.7. The Morgan fingerprint density at radius 2 is 1.65 bits per heavy atom. The molecule has 46 heavy (non-hydrogen) atoms. The topological polar surface area (TPSA) is 114 Å². The fraction of sp³-hybridized carbons (Fsp3) is 0.314. The number of nitrogens with one attached hydrogen (secondary N) is 1. The molecule has 1 fully saturated rings. The lowest BCUT2D eigenvalue weighted by Gasteiger charge is -2.31. The lowest BCUT2D eigenvalue weighted by Crippen LogP contribution is -2.46. The number of fused-ring (bicyclic) bond motifs is 1. The molecule has 11 nitrogen and oxygen atoms in total. The molecule has 2 aliphatic rings. The highest BCUT2D eigenvalue weighted by Gasteiger charge is 2.29. The van der Waals surface area contributed by atoms with E-state index in [0.29, 0.717) is 65.4 Å². The molecule has 0 bridgehead atoms. The van der Waals surface area contributed by atoms with Crippen LogP contribution in [-0.4, -0.2) is 85.2 Å². The van der Waals surface area contributed by atoms with Gasteiger partial charge in [-0.1, -0.05) is 12.1 Å². The van der Waals surface area contributed by atoms with Gasteiger partial charge in [-0.15, -0.1) is 0 Å². The number of carbonyl (C=O) groups excluding carboxylic acids is 2. The van der Waals surface area contributed by atoms with E-state index in [9.17, 15) is 19.5 Å². The highest BCUT2D eigenvalue weighted by molar-refractivity contribution is 6.09. The van der Waals surface area contributed by atoms with E-state index < -0.39 is 0 Å². The van der Waals surface area contributed by atoms with Crippen molar-refractivity contribution in [2.24, 2.45) is 7.05 Å². The van der Waals surface area contributed by atoms with Crippen LogP contribution in [-0.2, 0) is 20.1 Å². The number of aryl methyl sites for hydroxylation is 1. The summed E-state index contributed by atoms with van der Waals surface area (Å²) in [7, 11) is 7.37. The fourth-order valence-corrected chi connectivity index (χ4v) is 6.16. The summed E-state index contributed by atoms with van der Waals surface area (Å²) in [6.45, 7) is 3.04. The Balaban J connectivity index is 1.31. The predicted octanol–water partition coefficient (Wildman–Crippen LogP) is 3.02. The number of anilines is 4. The molecule has 0 atom stereocenters. The fourth-order valence-electron chi connectivity index (χ4n) is 6.16. The second kappa shape index (κ2) is 12.8. The first-order valence-electron chi connectivity index (χ1n) is 15.4. The monoisotopic (exact) mass is 621 g/mol. The van der Waals surface area contributed by atoms with E-state index in [0.717, 1.165) is 24.3 Å². The van der Waals surface area contributed by atoms with Crippen LogP contribution in [0.5, 0.6) is 0 Å². The Hall–Kier alpha value is -5.00. The summed E-state index contributed by atoms with van der Waals surface area (Å²) in [6.07, 6.45) is 2.33. The van der Waals surface area contributed by atoms with Gasteiger partial charge in [0, 0.05) is 101 Å². The molecule has 2 aliphatic heterocycles. The quantitative estimate of drug-likeness (QED) is 0.324. The van der Waals surface area contributed by atoms with Gasteiger partial charge in [-0.05, 0) is 60.5 Å². The molecule has 238 valence electrons. The summed E-state index contributed by atoms with van der Waals surface area (Å²) in [5, 5.41) is 13.9. The first kappa shape index (κ1) is 31.0. The lowest BCUT2D eigenvalue weighted by atomic mass is 9.95. The third-order valence-electron chi connectivity index (χ3n) is 8.84. The number of rotatable bonds is 7. The Morgan fingerprint density at radius 1 is 0.935 bits per heavy atom. The average Bonchev–Trinajstić information content (AvgIpc) is 3.09. The number of aliphatic hydroxyl groups is 1. The number of carbonyl (C=O) groups is 2. The van der Waals surface area contributed by atoms with Gasteiger partial charge in [0.2, 0.25) is 0 Å². The summed E-state index contributed by atoms with van der Waals surface area (Å²) in [6, 6.07) is 18.5. The minimum absolute atomic E-state index is 0.0165. The first-order valence-corrected chi connectivity index (χ1v) is 15.4. The number of hydrogen-bond donors (Lipinski definition) is 2. The number of amides is 2. The third-order valence-corrected chi connectivity index (χ3v) is 8.84. The maximum absolute atomic E-state index is 13.7. The maximum atomic E-state index is 13.7. The van der Waals surface area contributed by atoms with Gasteiger partial charge in [-0.2, -0.15) is 0 Å². The largest absolute Gasteiger partial charge is 0.392 e. The van der Waals surface area contributed by atoms with E-state index in [1.54, 1.807) is 42.2 Å². The zero-order chi connectivity index (χ0) is 32.5. The van der Waals surface area contributed by atoms with E-state index >= 15 is 0 Å². The van der Waals surface area contributed by atoms with Crippen molar-refractivity contribution in [3.05, 3.63) is 99.5 Å². The number of piperazine rings is 1. The minimum atomic E-state index is -0.319. The van der Waals surface area contributed by atoms with Crippen molar-refractivity contribution in [1.82, 2.24) is 19.8 Å². The van der Waals surface area contributed by atoms with Crippen LogP contribution in [0.3, 0.4) is 0 Å². The molecule has 3 aromatic carbocycles. The van der Waals surface area contributed by atoms with Gasteiger partial charge < -0.3 is 34.6 Å². The number of aromatic nitrogens is 2. The van der Waals surface area contributed by atoms with Crippen molar-refractivity contribution in [2.45, 2.75) is 13.0 Å². The second-order valence-electron chi connectivity index (χ2n) is 11.9.